The summed E-state index contributed by atoms with van der Waals surface area (Å²) >= 11 is 0. The van der Waals surface area contributed by atoms with Gasteiger partial charge in [-0.3, -0.25) is 9.59 Å². The van der Waals surface area contributed by atoms with Crippen molar-refractivity contribution in [2.45, 2.75) is 26.3 Å². The third-order valence-electron chi connectivity index (χ3n) is 2.51. The molecule has 0 unspecified atom stereocenters. The average Bonchev–Trinajstić information content (AvgIpc) is 2.43. The minimum absolute atomic E-state index is 0.439. The molecule has 0 heterocycles. The molecular weight excluding hydrogens is 258 g/mol. The van der Waals surface area contributed by atoms with Gasteiger partial charge in [-0.05, 0) is 37.1 Å². The summed E-state index contributed by atoms with van der Waals surface area (Å²) in [5, 5.41) is 11.0. The molecule has 0 saturated heterocycles. The molecule has 5 nitrogen and oxygen atoms in total. The summed E-state index contributed by atoms with van der Waals surface area (Å²) in [7, 11) is 0. The molecule has 0 bridgehead atoms. The molecule has 1 rings (SSSR count). The number of hydrogen-bond acceptors (Lipinski definition) is 3. The first-order chi connectivity index (χ1) is 9.52. The van der Waals surface area contributed by atoms with Gasteiger partial charge in [0.05, 0.1) is 6.61 Å². The number of carbonyl (C=O) groups is 2. The maximum absolute atomic E-state index is 11.5. The lowest BCUT2D eigenvalue weighted by Crippen LogP contribution is -2.37. The number of carboxylic acids is 1. The van der Waals surface area contributed by atoms with Gasteiger partial charge in [0, 0.05) is 6.08 Å². The van der Waals surface area contributed by atoms with Crippen LogP contribution in [-0.4, -0.2) is 29.6 Å². The van der Waals surface area contributed by atoms with Crippen LogP contribution in [0, 0.1) is 0 Å². The lowest BCUT2D eigenvalue weighted by molar-refractivity contribution is -0.140. The predicted molar refractivity (Wildman–Crippen MR) is 76.5 cm³/mol. The predicted octanol–water partition coefficient (Wildman–Crippen LogP) is 2.08. The van der Waals surface area contributed by atoms with Gasteiger partial charge in [-0.15, -0.1) is 0 Å². The summed E-state index contributed by atoms with van der Waals surface area (Å²) in [6.07, 6.45) is 3.87. The van der Waals surface area contributed by atoms with Crippen LogP contribution >= 0.6 is 0 Å². The smallest absolute Gasteiger partial charge is 0.325 e. The highest BCUT2D eigenvalue weighted by atomic mass is 16.5. The van der Waals surface area contributed by atoms with Crippen LogP contribution in [0.4, 0.5) is 0 Å². The van der Waals surface area contributed by atoms with Gasteiger partial charge in [0.15, 0.2) is 0 Å². The summed E-state index contributed by atoms with van der Waals surface area (Å²) in [6, 6.07) is 6.40. The van der Waals surface area contributed by atoms with Gasteiger partial charge in [-0.2, -0.15) is 0 Å². The first-order valence-corrected chi connectivity index (χ1v) is 6.47. The number of amides is 1. The van der Waals surface area contributed by atoms with E-state index in [1.807, 2.05) is 31.2 Å². The van der Waals surface area contributed by atoms with Gasteiger partial charge in [0.2, 0.25) is 5.91 Å². The van der Waals surface area contributed by atoms with Crippen LogP contribution in [0.3, 0.4) is 0 Å². The monoisotopic (exact) mass is 277 g/mol. The van der Waals surface area contributed by atoms with Crippen molar-refractivity contribution < 1.29 is 19.4 Å². The minimum Gasteiger partial charge on any atom is -0.494 e. The van der Waals surface area contributed by atoms with Crippen molar-refractivity contribution >= 4 is 18.0 Å². The molecule has 0 aliphatic heterocycles. The van der Waals surface area contributed by atoms with Crippen LogP contribution in [-0.2, 0) is 9.59 Å². The lowest BCUT2D eigenvalue weighted by Gasteiger charge is -2.06. The number of rotatable bonds is 7. The standard InChI is InChI=1S/C15H19NO4/c1-3-10-20-13-7-4-12(5-8-13)6-9-14(17)16-11(2)15(18)19/h4-9,11H,3,10H2,1-2H3,(H,16,17)(H,18,19)/b9-6+/t11-/m0/s1. The van der Waals surface area contributed by atoms with E-state index in [9.17, 15) is 9.59 Å². The molecular formula is C15H19NO4. The Balaban J connectivity index is 2.53. The molecule has 1 amide bonds. The Morgan fingerprint density at radius 3 is 2.55 bits per heavy atom. The molecule has 0 fully saturated rings. The lowest BCUT2D eigenvalue weighted by atomic mass is 10.2. The Bertz CT molecular complexity index is 479. The number of benzene rings is 1. The Hall–Kier alpha value is -2.30. The van der Waals surface area contributed by atoms with Crippen molar-refractivity contribution in [2.24, 2.45) is 0 Å². The van der Waals surface area contributed by atoms with Gasteiger partial charge in [-0.1, -0.05) is 19.1 Å². The zero-order chi connectivity index (χ0) is 15.0. The Morgan fingerprint density at radius 2 is 2.00 bits per heavy atom. The molecule has 1 aromatic carbocycles. The highest BCUT2D eigenvalue weighted by Gasteiger charge is 2.11. The number of carboxylic acid groups (broad SMARTS) is 1. The summed E-state index contributed by atoms with van der Waals surface area (Å²) < 4.78 is 5.45. The number of nitrogens with one attached hydrogen (secondary N) is 1. The molecule has 0 aliphatic rings. The van der Waals surface area contributed by atoms with E-state index in [0.29, 0.717) is 6.61 Å². The number of carbonyl (C=O) groups excluding carboxylic acids is 1. The van der Waals surface area contributed by atoms with Crippen molar-refractivity contribution in [3.63, 3.8) is 0 Å². The molecule has 1 aromatic rings. The van der Waals surface area contributed by atoms with Crippen molar-refractivity contribution in [1.82, 2.24) is 5.32 Å². The molecule has 0 radical (unpaired) electrons. The zero-order valence-corrected chi connectivity index (χ0v) is 11.6. The van der Waals surface area contributed by atoms with E-state index in [1.54, 1.807) is 6.08 Å². The first-order valence-electron chi connectivity index (χ1n) is 6.47. The van der Waals surface area contributed by atoms with Crippen molar-refractivity contribution in [1.29, 1.82) is 0 Å². The van der Waals surface area contributed by atoms with E-state index >= 15 is 0 Å². The summed E-state index contributed by atoms with van der Waals surface area (Å²) in [5.41, 5.74) is 0.840. The second-order valence-corrected chi connectivity index (χ2v) is 4.32. The molecule has 0 spiro atoms. The Labute approximate surface area is 118 Å². The zero-order valence-electron chi connectivity index (χ0n) is 11.6. The fourth-order valence-corrected chi connectivity index (χ4v) is 1.39. The van der Waals surface area contributed by atoms with Crippen molar-refractivity contribution in [3.05, 3.63) is 35.9 Å². The van der Waals surface area contributed by atoms with Crippen molar-refractivity contribution in [3.8, 4) is 5.75 Å². The summed E-state index contributed by atoms with van der Waals surface area (Å²) in [4.78, 5) is 22.0. The second-order valence-electron chi connectivity index (χ2n) is 4.32. The maximum Gasteiger partial charge on any atom is 0.325 e. The van der Waals surface area contributed by atoms with Gasteiger partial charge in [0.1, 0.15) is 11.8 Å². The summed E-state index contributed by atoms with van der Waals surface area (Å²) in [5.74, 6) is -0.719. The van der Waals surface area contributed by atoms with Gasteiger partial charge in [0.25, 0.3) is 0 Å². The van der Waals surface area contributed by atoms with Crippen LogP contribution in [0.1, 0.15) is 25.8 Å². The van der Waals surface area contributed by atoms with Crippen LogP contribution < -0.4 is 10.1 Å². The quantitative estimate of drug-likeness (QED) is 0.748. The first kappa shape index (κ1) is 15.8. The fourth-order valence-electron chi connectivity index (χ4n) is 1.39. The molecule has 0 aliphatic carbocycles. The summed E-state index contributed by atoms with van der Waals surface area (Å²) in [6.45, 7) is 4.12. The van der Waals surface area contributed by atoms with E-state index in [1.165, 1.54) is 13.0 Å². The Kier molecular flexibility index (Phi) is 6.29. The van der Waals surface area contributed by atoms with Gasteiger partial charge >= 0.3 is 5.97 Å². The van der Waals surface area contributed by atoms with Crippen LogP contribution in [0.15, 0.2) is 30.3 Å². The molecule has 108 valence electrons. The van der Waals surface area contributed by atoms with Gasteiger partial charge in [-0.25, -0.2) is 0 Å². The Morgan fingerprint density at radius 1 is 1.35 bits per heavy atom. The molecule has 0 saturated carbocycles. The molecule has 1 atom stereocenters. The van der Waals surface area contributed by atoms with Crippen LogP contribution in [0.5, 0.6) is 5.75 Å². The third-order valence-corrected chi connectivity index (χ3v) is 2.51. The van der Waals surface area contributed by atoms with E-state index in [4.69, 9.17) is 9.84 Å². The van der Waals surface area contributed by atoms with E-state index in [2.05, 4.69) is 5.32 Å². The van der Waals surface area contributed by atoms with E-state index in [-0.39, 0.29) is 0 Å². The average molecular weight is 277 g/mol. The number of ether oxygens (including phenoxy) is 1. The number of aliphatic carboxylic acids is 1. The minimum atomic E-state index is -1.07. The molecule has 20 heavy (non-hydrogen) atoms. The normalized spacial score (nSPS) is 12.1. The van der Waals surface area contributed by atoms with E-state index in [0.717, 1.165) is 17.7 Å². The van der Waals surface area contributed by atoms with E-state index < -0.39 is 17.9 Å². The van der Waals surface area contributed by atoms with Crippen molar-refractivity contribution in [2.75, 3.05) is 6.61 Å². The van der Waals surface area contributed by atoms with Crippen LogP contribution in [0.25, 0.3) is 6.08 Å². The van der Waals surface area contributed by atoms with Gasteiger partial charge < -0.3 is 15.2 Å². The molecule has 2 N–H and O–H groups in total. The third kappa shape index (κ3) is 5.56. The SMILES string of the molecule is CCCOc1ccc(/C=C/C(=O)N[C@@H](C)C(=O)O)cc1. The van der Waals surface area contributed by atoms with Crippen LogP contribution in [0.2, 0.25) is 0 Å². The molecule has 0 aromatic heterocycles. The highest BCUT2D eigenvalue weighted by Crippen LogP contribution is 2.13. The maximum atomic E-state index is 11.5. The number of hydrogen-bond donors (Lipinski definition) is 2. The highest BCUT2D eigenvalue weighted by molar-refractivity contribution is 5.94. The topological polar surface area (TPSA) is 75.6 Å². The largest absolute Gasteiger partial charge is 0.494 e. The molecule has 5 heteroatoms. The fraction of sp³-hybridized carbons (Fsp3) is 0.333. The second kappa shape index (κ2) is 7.99.